The zero-order valence-corrected chi connectivity index (χ0v) is 8.64. The predicted octanol–water partition coefficient (Wildman–Crippen LogP) is 2.12. The largest absolute Gasteiger partial charge is 0.380 e. The maximum Gasteiger partial charge on any atom is 0.223 e. The molecule has 0 saturated heterocycles. The van der Waals surface area contributed by atoms with Crippen molar-refractivity contribution in [1.82, 2.24) is 0 Å². The Hall–Kier alpha value is -1.22. The van der Waals surface area contributed by atoms with E-state index in [4.69, 9.17) is 11.6 Å². The molecule has 1 amide bonds. The number of benzene rings is 1. The van der Waals surface area contributed by atoms with Crippen LogP contribution in [-0.4, -0.2) is 19.0 Å². The molecule has 0 radical (unpaired) electrons. The van der Waals surface area contributed by atoms with Crippen LogP contribution in [-0.2, 0) is 4.79 Å². The fourth-order valence-electron chi connectivity index (χ4n) is 1.65. The van der Waals surface area contributed by atoms with Crippen LogP contribution in [0.4, 0.5) is 11.4 Å². The van der Waals surface area contributed by atoms with Crippen LogP contribution in [0.1, 0.15) is 6.92 Å². The van der Waals surface area contributed by atoms with E-state index in [9.17, 15) is 4.79 Å². The summed E-state index contributed by atoms with van der Waals surface area (Å²) in [4.78, 5) is 13.1. The van der Waals surface area contributed by atoms with E-state index in [-0.39, 0.29) is 5.91 Å². The molecule has 1 N–H and O–H groups in total. The number of hydrogen-bond acceptors (Lipinski definition) is 2. The van der Waals surface area contributed by atoms with Gasteiger partial charge in [0, 0.05) is 20.0 Å². The number of nitrogens with one attached hydrogen (secondary N) is 1. The minimum atomic E-state index is 0.0509. The molecule has 3 nitrogen and oxygen atoms in total. The average molecular weight is 211 g/mol. The van der Waals surface area contributed by atoms with Crippen LogP contribution in [0, 0.1) is 0 Å². The van der Waals surface area contributed by atoms with Crippen molar-refractivity contribution in [3.63, 3.8) is 0 Å². The van der Waals surface area contributed by atoms with Gasteiger partial charge in [-0.05, 0) is 12.1 Å². The van der Waals surface area contributed by atoms with E-state index in [1.165, 1.54) is 0 Å². The fourth-order valence-corrected chi connectivity index (χ4v) is 1.89. The molecule has 0 bridgehead atoms. The van der Waals surface area contributed by atoms with Gasteiger partial charge in [0.2, 0.25) is 5.91 Å². The Morgan fingerprint density at radius 1 is 1.57 bits per heavy atom. The second-order valence-corrected chi connectivity index (χ2v) is 3.64. The molecule has 1 aromatic carbocycles. The third-order valence-electron chi connectivity index (χ3n) is 2.30. The number of carbonyl (C=O) groups is 1. The highest BCUT2D eigenvalue weighted by Gasteiger charge is 2.20. The van der Waals surface area contributed by atoms with E-state index >= 15 is 0 Å². The summed E-state index contributed by atoms with van der Waals surface area (Å²) in [5, 5.41) is 3.85. The van der Waals surface area contributed by atoms with Crippen molar-refractivity contribution in [3.8, 4) is 0 Å². The first kappa shape index (κ1) is 9.34. The van der Waals surface area contributed by atoms with Crippen LogP contribution in [0.25, 0.3) is 0 Å². The van der Waals surface area contributed by atoms with Crippen molar-refractivity contribution < 1.29 is 4.79 Å². The molecule has 4 heteroatoms. The van der Waals surface area contributed by atoms with Crippen molar-refractivity contribution in [1.29, 1.82) is 0 Å². The number of carbonyl (C=O) groups excluding carboxylic acids is 1. The highest BCUT2D eigenvalue weighted by molar-refractivity contribution is 6.34. The van der Waals surface area contributed by atoms with Crippen molar-refractivity contribution in [2.45, 2.75) is 6.92 Å². The zero-order valence-electron chi connectivity index (χ0n) is 7.88. The number of fused-ring (bicyclic) bond motifs is 1. The third kappa shape index (κ3) is 1.44. The van der Waals surface area contributed by atoms with Gasteiger partial charge in [0.1, 0.15) is 0 Å². The minimum absolute atomic E-state index is 0.0509. The quantitative estimate of drug-likeness (QED) is 0.712. The normalized spacial score (nSPS) is 14.6. The SMILES string of the molecule is CC(=O)N1CCNc2c(Cl)cccc21. The fraction of sp³-hybridized carbons (Fsp3) is 0.300. The van der Waals surface area contributed by atoms with Gasteiger partial charge in [-0.15, -0.1) is 0 Å². The molecular formula is C10H11ClN2O. The Morgan fingerprint density at radius 2 is 2.36 bits per heavy atom. The average Bonchev–Trinajstić information content (AvgIpc) is 2.17. The maximum atomic E-state index is 11.3. The number of nitrogens with zero attached hydrogens (tertiary/aromatic N) is 1. The van der Waals surface area contributed by atoms with E-state index in [2.05, 4.69) is 5.32 Å². The van der Waals surface area contributed by atoms with Gasteiger partial charge in [-0.3, -0.25) is 4.79 Å². The lowest BCUT2D eigenvalue weighted by Gasteiger charge is -2.29. The summed E-state index contributed by atoms with van der Waals surface area (Å²) in [6.07, 6.45) is 0. The molecule has 0 aliphatic carbocycles. The summed E-state index contributed by atoms with van der Waals surface area (Å²) in [7, 11) is 0. The van der Waals surface area contributed by atoms with Gasteiger partial charge in [-0.2, -0.15) is 0 Å². The van der Waals surface area contributed by atoms with E-state index < -0.39 is 0 Å². The van der Waals surface area contributed by atoms with Crippen LogP contribution in [0.5, 0.6) is 0 Å². The molecule has 1 aromatic rings. The number of hydrogen-bond donors (Lipinski definition) is 1. The number of anilines is 2. The van der Waals surface area contributed by atoms with Gasteiger partial charge in [0.15, 0.2) is 0 Å². The molecule has 0 unspecified atom stereocenters. The summed E-state index contributed by atoms with van der Waals surface area (Å²) < 4.78 is 0. The first-order valence-electron chi connectivity index (χ1n) is 4.50. The molecule has 2 rings (SSSR count). The Labute approximate surface area is 87.7 Å². The van der Waals surface area contributed by atoms with Crippen molar-refractivity contribution in [3.05, 3.63) is 23.2 Å². The topological polar surface area (TPSA) is 32.3 Å². The Kier molecular flexibility index (Phi) is 2.33. The van der Waals surface area contributed by atoms with Crippen molar-refractivity contribution >= 4 is 28.9 Å². The summed E-state index contributed by atoms with van der Waals surface area (Å²) >= 11 is 6.01. The lowest BCUT2D eigenvalue weighted by Crippen LogP contribution is -2.37. The molecule has 0 aromatic heterocycles. The Balaban J connectivity index is 2.49. The van der Waals surface area contributed by atoms with Gasteiger partial charge < -0.3 is 10.2 Å². The van der Waals surface area contributed by atoms with Crippen LogP contribution >= 0.6 is 11.6 Å². The first-order chi connectivity index (χ1) is 6.70. The first-order valence-corrected chi connectivity index (χ1v) is 4.88. The number of halogens is 1. The highest BCUT2D eigenvalue weighted by atomic mass is 35.5. The van der Waals surface area contributed by atoms with Gasteiger partial charge >= 0.3 is 0 Å². The summed E-state index contributed by atoms with van der Waals surface area (Å²) in [6, 6.07) is 5.57. The van der Waals surface area contributed by atoms with Crippen molar-refractivity contribution in [2.75, 3.05) is 23.3 Å². The third-order valence-corrected chi connectivity index (χ3v) is 2.61. The molecule has 0 saturated carbocycles. The molecule has 1 heterocycles. The summed E-state index contributed by atoms with van der Waals surface area (Å²) in [6.45, 7) is 3.01. The maximum absolute atomic E-state index is 11.3. The molecule has 0 fully saturated rings. The molecule has 14 heavy (non-hydrogen) atoms. The Morgan fingerprint density at radius 3 is 3.07 bits per heavy atom. The minimum Gasteiger partial charge on any atom is -0.380 e. The van der Waals surface area contributed by atoms with Gasteiger partial charge in [-0.25, -0.2) is 0 Å². The predicted molar refractivity (Wildman–Crippen MR) is 58.0 cm³/mol. The number of amides is 1. The Bertz CT molecular complexity index is 378. The lowest BCUT2D eigenvalue weighted by atomic mass is 10.2. The van der Waals surface area contributed by atoms with Crippen LogP contribution in [0.15, 0.2) is 18.2 Å². The molecule has 74 valence electrons. The van der Waals surface area contributed by atoms with Crippen LogP contribution < -0.4 is 10.2 Å². The molecule has 1 aliphatic heterocycles. The smallest absolute Gasteiger partial charge is 0.223 e. The summed E-state index contributed by atoms with van der Waals surface area (Å²) in [5.74, 6) is 0.0509. The number of para-hydroxylation sites is 1. The van der Waals surface area contributed by atoms with Gasteiger partial charge in [0.05, 0.1) is 16.4 Å². The molecule has 0 atom stereocenters. The van der Waals surface area contributed by atoms with Crippen LogP contribution in [0.3, 0.4) is 0 Å². The van der Waals surface area contributed by atoms with E-state index in [1.807, 2.05) is 18.2 Å². The second kappa shape index (κ2) is 3.50. The van der Waals surface area contributed by atoms with Crippen LogP contribution in [0.2, 0.25) is 5.02 Å². The molecule has 0 spiro atoms. The second-order valence-electron chi connectivity index (χ2n) is 3.23. The van der Waals surface area contributed by atoms with E-state index in [0.717, 1.165) is 17.9 Å². The van der Waals surface area contributed by atoms with Crippen molar-refractivity contribution in [2.24, 2.45) is 0 Å². The number of rotatable bonds is 0. The van der Waals surface area contributed by atoms with E-state index in [1.54, 1.807) is 11.8 Å². The molecular weight excluding hydrogens is 200 g/mol. The lowest BCUT2D eigenvalue weighted by molar-refractivity contribution is -0.116. The standard InChI is InChI=1S/C10H11ClN2O/c1-7(14)13-6-5-12-10-8(11)3-2-4-9(10)13/h2-4,12H,5-6H2,1H3. The molecule has 1 aliphatic rings. The monoisotopic (exact) mass is 210 g/mol. The van der Waals surface area contributed by atoms with Gasteiger partial charge in [-0.1, -0.05) is 17.7 Å². The van der Waals surface area contributed by atoms with Gasteiger partial charge in [0.25, 0.3) is 0 Å². The highest BCUT2D eigenvalue weighted by Crippen LogP contribution is 2.34. The zero-order chi connectivity index (χ0) is 10.1. The summed E-state index contributed by atoms with van der Waals surface area (Å²) in [5.41, 5.74) is 1.73. The van der Waals surface area contributed by atoms with E-state index in [0.29, 0.717) is 11.6 Å².